The van der Waals surface area contributed by atoms with Crippen molar-refractivity contribution in [1.29, 1.82) is 0 Å². The average molecular weight is 276 g/mol. The van der Waals surface area contributed by atoms with E-state index in [4.69, 9.17) is 5.73 Å². The zero-order valence-corrected chi connectivity index (χ0v) is 10.9. The van der Waals surface area contributed by atoms with Gasteiger partial charge in [0.15, 0.2) is 0 Å². The van der Waals surface area contributed by atoms with E-state index in [0.29, 0.717) is 11.8 Å². The Balaban J connectivity index is 2.14. The third-order valence-corrected chi connectivity index (χ3v) is 2.82. The van der Waals surface area contributed by atoms with Crippen LogP contribution in [0.3, 0.4) is 0 Å². The second-order valence-corrected chi connectivity index (χ2v) is 4.52. The van der Waals surface area contributed by atoms with Crippen molar-refractivity contribution in [1.82, 2.24) is 0 Å². The number of benzene rings is 2. The number of rotatable bonds is 3. The summed E-state index contributed by atoms with van der Waals surface area (Å²) in [5, 5.41) is 2.57. The molecule has 3 nitrogen and oxygen atoms in total. The van der Waals surface area contributed by atoms with Gasteiger partial charge in [-0.3, -0.25) is 4.79 Å². The van der Waals surface area contributed by atoms with Crippen molar-refractivity contribution >= 4 is 11.6 Å². The van der Waals surface area contributed by atoms with Crippen molar-refractivity contribution in [3.05, 3.63) is 65.2 Å². The Morgan fingerprint density at radius 1 is 1.10 bits per heavy atom. The fourth-order valence-electron chi connectivity index (χ4n) is 1.76. The molecule has 3 N–H and O–H groups in total. The van der Waals surface area contributed by atoms with Gasteiger partial charge in [-0.15, -0.1) is 0 Å². The maximum absolute atomic E-state index is 13.0. The van der Waals surface area contributed by atoms with Crippen molar-refractivity contribution in [2.45, 2.75) is 13.0 Å². The first-order valence-corrected chi connectivity index (χ1v) is 6.08. The lowest BCUT2D eigenvalue weighted by Gasteiger charge is -2.08. The van der Waals surface area contributed by atoms with Crippen LogP contribution in [0, 0.1) is 11.6 Å². The number of hydrogen-bond acceptors (Lipinski definition) is 2. The van der Waals surface area contributed by atoms with Crippen LogP contribution >= 0.6 is 0 Å². The lowest BCUT2D eigenvalue weighted by atomic mass is 10.1. The Hall–Kier alpha value is -2.27. The number of nitrogens with two attached hydrogens (primary N) is 1. The van der Waals surface area contributed by atoms with Gasteiger partial charge < -0.3 is 11.1 Å². The summed E-state index contributed by atoms with van der Waals surface area (Å²) in [5.74, 6) is -2.15. The van der Waals surface area contributed by atoms with Crippen molar-refractivity contribution < 1.29 is 13.6 Å². The molecule has 0 radical (unpaired) electrons. The molecule has 2 aromatic rings. The topological polar surface area (TPSA) is 55.1 Å². The molecule has 0 aliphatic rings. The Kier molecular flexibility index (Phi) is 4.10. The van der Waals surface area contributed by atoms with Gasteiger partial charge in [0.1, 0.15) is 11.6 Å². The minimum atomic E-state index is -0.789. The summed E-state index contributed by atoms with van der Waals surface area (Å²) in [5.41, 5.74) is 7.11. The number of carbonyl (C=O) groups excluding carboxylic acids is 1. The van der Waals surface area contributed by atoms with Gasteiger partial charge in [-0.05, 0) is 36.8 Å². The Morgan fingerprint density at radius 3 is 2.15 bits per heavy atom. The maximum Gasteiger partial charge on any atom is 0.255 e. The summed E-state index contributed by atoms with van der Waals surface area (Å²) in [4.78, 5) is 11.9. The molecule has 0 bridgehead atoms. The molecule has 0 heterocycles. The van der Waals surface area contributed by atoms with Crippen LogP contribution in [0.15, 0.2) is 42.5 Å². The number of carbonyl (C=O) groups is 1. The van der Waals surface area contributed by atoms with Crippen LogP contribution in [0.4, 0.5) is 14.5 Å². The van der Waals surface area contributed by atoms with E-state index in [1.165, 1.54) is 0 Å². The number of nitrogens with one attached hydrogen (secondary N) is 1. The van der Waals surface area contributed by atoms with Crippen LogP contribution in [0.1, 0.15) is 28.9 Å². The van der Waals surface area contributed by atoms with Gasteiger partial charge in [0.05, 0.1) is 0 Å². The fraction of sp³-hybridized carbons (Fsp3) is 0.133. The molecule has 2 rings (SSSR count). The molecule has 0 saturated carbocycles. The SMILES string of the molecule is CC(N)c1ccc(NC(=O)c2cc(F)cc(F)c2)cc1. The number of anilines is 1. The van der Waals surface area contributed by atoms with Gasteiger partial charge in [-0.2, -0.15) is 0 Å². The minimum absolute atomic E-state index is 0.0706. The second-order valence-electron chi connectivity index (χ2n) is 4.52. The standard InChI is InChI=1S/C15H14F2N2O/c1-9(18)10-2-4-14(5-3-10)19-15(20)11-6-12(16)8-13(17)7-11/h2-9H,18H2,1H3,(H,19,20). The van der Waals surface area contributed by atoms with E-state index in [1.807, 2.05) is 6.92 Å². The molecule has 104 valence electrons. The molecule has 0 aliphatic carbocycles. The monoisotopic (exact) mass is 276 g/mol. The largest absolute Gasteiger partial charge is 0.324 e. The van der Waals surface area contributed by atoms with Crippen LogP contribution in [0.5, 0.6) is 0 Å². The van der Waals surface area contributed by atoms with Gasteiger partial charge in [0.2, 0.25) is 0 Å². The Morgan fingerprint density at radius 2 is 1.65 bits per heavy atom. The summed E-state index contributed by atoms with van der Waals surface area (Å²) >= 11 is 0. The first-order valence-electron chi connectivity index (χ1n) is 6.08. The maximum atomic E-state index is 13.0. The summed E-state index contributed by atoms with van der Waals surface area (Å²) in [6.07, 6.45) is 0. The quantitative estimate of drug-likeness (QED) is 0.904. The molecular weight excluding hydrogens is 262 g/mol. The minimum Gasteiger partial charge on any atom is -0.324 e. The molecule has 0 fully saturated rings. The Labute approximate surface area is 115 Å². The first kappa shape index (κ1) is 14.1. The van der Waals surface area contributed by atoms with Gasteiger partial charge >= 0.3 is 0 Å². The van der Waals surface area contributed by atoms with E-state index < -0.39 is 17.5 Å². The van der Waals surface area contributed by atoms with Crippen molar-refractivity contribution in [3.8, 4) is 0 Å². The van der Waals surface area contributed by atoms with Crippen molar-refractivity contribution in [2.24, 2.45) is 5.73 Å². The fourth-order valence-corrected chi connectivity index (χ4v) is 1.76. The lowest BCUT2D eigenvalue weighted by Crippen LogP contribution is -2.13. The van der Waals surface area contributed by atoms with Gasteiger partial charge in [-0.1, -0.05) is 12.1 Å². The highest BCUT2D eigenvalue weighted by Gasteiger charge is 2.09. The normalized spacial score (nSPS) is 12.0. The van der Waals surface area contributed by atoms with Crippen molar-refractivity contribution in [2.75, 3.05) is 5.32 Å². The molecule has 0 aromatic heterocycles. The van der Waals surface area contributed by atoms with Crippen LogP contribution in [-0.2, 0) is 0 Å². The van der Waals surface area contributed by atoms with E-state index in [-0.39, 0.29) is 11.6 Å². The van der Waals surface area contributed by atoms with E-state index in [2.05, 4.69) is 5.32 Å². The van der Waals surface area contributed by atoms with Gasteiger partial charge in [-0.25, -0.2) is 8.78 Å². The van der Waals surface area contributed by atoms with Gasteiger partial charge in [0, 0.05) is 23.4 Å². The van der Waals surface area contributed by atoms with Gasteiger partial charge in [0.25, 0.3) is 5.91 Å². The van der Waals surface area contributed by atoms with Crippen LogP contribution in [-0.4, -0.2) is 5.91 Å². The van der Waals surface area contributed by atoms with E-state index >= 15 is 0 Å². The highest BCUT2D eigenvalue weighted by atomic mass is 19.1. The number of amides is 1. The zero-order chi connectivity index (χ0) is 14.7. The van der Waals surface area contributed by atoms with E-state index in [0.717, 1.165) is 17.7 Å². The van der Waals surface area contributed by atoms with Crippen LogP contribution < -0.4 is 11.1 Å². The predicted molar refractivity (Wildman–Crippen MR) is 73.4 cm³/mol. The average Bonchev–Trinajstić information content (AvgIpc) is 2.38. The molecule has 5 heteroatoms. The summed E-state index contributed by atoms with van der Waals surface area (Å²) in [6, 6.07) is 9.52. The molecule has 0 aliphatic heterocycles. The molecule has 2 aromatic carbocycles. The molecular formula is C15H14F2N2O. The first-order chi connectivity index (χ1) is 9.45. The summed E-state index contributed by atoms with van der Waals surface area (Å²) in [7, 11) is 0. The molecule has 1 amide bonds. The molecule has 1 unspecified atom stereocenters. The third kappa shape index (κ3) is 3.39. The van der Waals surface area contributed by atoms with Crippen LogP contribution in [0.2, 0.25) is 0 Å². The van der Waals surface area contributed by atoms with E-state index in [9.17, 15) is 13.6 Å². The molecule has 20 heavy (non-hydrogen) atoms. The zero-order valence-electron chi connectivity index (χ0n) is 10.9. The van der Waals surface area contributed by atoms with Crippen LogP contribution in [0.25, 0.3) is 0 Å². The number of halogens is 2. The third-order valence-electron chi connectivity index (χ3n) is 2.82. The highest BCUT2D eigenvalue weighted by molar-refractivity contribution is 6.04. The molecule has 0 saturated heterocycles. The molecule has 0 spiro atoms. The smallest absolute Gasteiger partial charge is 0.255 e. The number of hydrogen-bond donors (Lipinski definition) is 2. The predicted octanol–water partition coefficient (Wildman–Crippen LogP) is 3.24. The summed E-state index contributed by atoms with van der Waals surface area (Å²) < 4.78 is 26.1. The van der Waals surface area contributed by atoms with E-state index in [1.54, 1.807) is 24.3 Å². The lowest BCUT2D eigenvalue weighted by molar-refractivity contribution is 0.102. The summed E-state index contributed by atoms with van der Waals surface area (Å²) in [6.45, 7) is 1.85. The highest BCUT2D eigenvalue weighted by Crippen LogP contribution is 2.16. The van der Waals surface area contributed by atoms with Crippen molar-refractivity contribution in [3.63, 3.8) is 0 Å². The molecule has 1 atom stereocenters. The Bertz CT molecular complexity index is 604. The second kappa shape index (κ2) is 5.79.